The Bertz CT molecular complexity index is 487. The van der Waals surface area contributed by atoms with E-state index >= 15 is 0 Å². The maximum Gasteiger partial charge on any atom is 0.228 e. The fourth-order valence-electron chi connectivity index (χ4n) is 2.57. The van der Waals surface area contributed by atoms with Crippen molar-refractivity contribution < 1.29 is 4.79 Å². The minimum absolute atomic E-state index is 0.232. The van der Waals surface area contributed by atoms with Crippen molar-refractivity contribution in [3.05, 3.63) is 18.3 Å². The van der Waals surface area contributed by atoms with Gasteiger partial charge in [-0.1, -0.05) is 20.8 Å². The Hall–Kier alpha value is -1.78. The summed E-state index contributed by atoms with van der Waals surface area (Å²) in [5.74, 6) is 1.22. The lowest BCUT2D eigenvalue weighted by Gasteiger charge is -2.38. The number of hydrogen-bond donors (Lipinski definition) is 1. The molecule has 0 radical (unpaired) electrons. The largest absolute Gasteiger partial charge is 0.382 e. The van der Waals surface area contributed by atoms with Crippen molar-refractivity contribution in [2.75, 3.05) is 42.9 Å². The molecule has 5 heteroatoms. The highest BCUT2D eigenvalue weighted by molar-refractivity contribution is 5.81. The van der Waals surface area contributed by atoms with Gasteiger partial charge < -0.3 is 15.1 Å². The predicted molar refractivity (Wildman–Crippen MR) is 86.6 cm³/mol. The molecule has 0 atom stereocenters. The zero-order valence-electron chi connectivity index (χ0n) is 13.5. The minimum atomic E-state index is -0.303. The SMILES string of the molecule is CCNc1cccnc1N1CCN(C(=O)C(C)(C)C)CC1. The Morgan fingerprint density at radius 2 is 1.95 bits per heavy atom. The van der Waals surface area contributed by atoms with Crippen LogP contribution in [0.3, 0.4) is 0 Å². The zero-order chi connectivity index (χ0) is 15.5. The van der Waals surface area contributed by atoms with Crippen LogP contribution in [0.1, 0.15) is 27.7 Å². The number of carbonyl (C=O) groups is 1. The van der Waals surface area contributed by atoms with Gasteiger partial charge in [-0.25, -0.2) is 4.98 Å². The number of pyridine rings is 1. The molecular weight excluding hydrogens is 264 g/mol. The summed E-state index contributed by atoms with van der Waals surface area (Å²) in [6.07, 6.45) is 1.82. The molecule has 2 rings (SSSR count). The number of anilines is 2. The van der Waals surface area contributed by atoms with Crippen molar-refractivity contribution >= 4 is 17.4 Å². The summed E-state index contributed by atoms with van der Waals surface area (Å²) in [5.41, 5.74) is 0.762. The highest BCUT2D eigenvalue weighted by Crippen LogP contribution is 2.25. The van der Waals surface area contributed by atoms with Gasteiger partial charge in [0, 0.05) is 44.3 Å². The van der Waals surface area contributed by atoms with Gasteiger partial charge in [-0.15, -0.1) is 0 Å². The smallest absolute Gasteiger partial charge is 0.228 e. The highest BCUT2D eigenvalue weighted by Gasteiger charge is 2.30. The van der Waals surface area contributed by atoms with E-state index in [1.165, 1.54) is 0 Å². The summed E-state index contributed by atoms with van der Waals surface area (Å²) >= 11 is 0. The normalized spacial score (nSPS) is 16.0. The Labute approximate surface area is 127 Å². The molecule has 0 saturated carbocycles. The Morgan fingerprint density at radius 1 is 1.29 bits per heavy atom. The van der Waals surface area contributed by atoms with E-state index in [4.69, 9.17) is 0 Å². The van der Waals surface area contributed by atoms with Crippen molar-refractivity contribution in [2.24, 2.45) is 5.41 Å². The van der Waals surface area contributed by atoms with E-state index in [1.807, 2.05) is 37.9 Å². The van der Waals surface area contributed by atoms with Crippen molar-refractivity contribution in [2.45, 2.75) is 27.7 Å². The summed E-state index contributed by atoms with van der Waals surface area (Å²) < 4.78 is 0. The third-order valence-corrected chi connectivity index (χ3v) is 3.66. The van der Waals surface area contributed by atoms with Crippen LogP contribution in [0.15, 0.2) is 18.3 Å². The number of nitrogens with zero attached hydrogens (tertiary/aromatic N) is 3. The lowest BCUT2D eigenvalue weighted by molar-refractivity contribution is -0.139. The van der Waals surface area contributed by atoms with Crippen LogP contribution < -0.4 is 10.2 Å². The molecule has 1 aromatic rings. The predicted octanol–water partition coefficient (Wildman–Crippen LogP) is 2.21. The number of rotatable bonds is 3. The number of carbonyl (C=O) groups excluding carboxylic acids is 1. The molecular formula is C16H26N4O. The summed E-state index contributed by atoms with van der Waals surface area (Å²) in [4.78, 5) is 21.0. The molecule has 1 N–H and O–H groups in total. The van der Waals surface area contributed by atoms with Crippen LogP contribution in [-0.2, 0) is 4.79 Å². The molecule has 0 spiro atoms. The summed E-state index contributed by atoms with van der Waals surface area (Å²) in [6.45, 7) is 12.1. The van der Waals surface area contributed by atoms with E-state index in [9.17, 15) is 4.79 Å². The molecule has 5 nitrogen and oxygen atoms in total. The minimum Gasteiger partial charge on any atom is -0.382 e. The van der Waals surface area contributed by atoms with Gasteiger partial charge in [-0.05, 0) is 19.1 Å². The zero-order valence-corrected chi connectivity index (χ0v) is 13.5. The topological polar surface area (TPSA) is 48.5 Å². The average molecular weight is 290 g/mol. The monoisotopic (exact) mass is 290 g/mol. The summed E-state index contributed by atoms with van der Waals surface area (Å²) in [5, 5.41) is 3.35. The van der Waals surface area contributed by atoms with Crippen molar-refractivity contribution in [1.82, 2.24) is 9.88 Å². The first kappa shape index (κ1) is 15.6. The van der Waals surface area contributed by atoms with E-state index in [0.717, 1.165) is 44.2 Å². The first-order chi connectivity index (χ1) is 9.93. The van der Waals surface area contributed by atoms with Crippen LogP contribution in [0.25, 0.3) is 0 Å². The Balaban J connectivity index is 2.03. The molecule has 21 heavy (non-hydrogen) atoms. The van der Waals surface area contributed by atoms with Gasteiger partial charge >= 0.3 is 0 Å². The third-order valence-electron chi connectivity index (χ3n) is 3.66. The van der Waals surface area contributed by atoms with Crippen LogP contribution >= 0.6 is 0 Å². The molecule has 1 aliphatic heterocycles. The molecule has 0 bridgehead atoms. The van der Waals surface area contributed by atoms with Gasteiger partial charge in [-0.2, -0.15) is 0 Å². The van der Waals surface area contributed by atoms with E-state index in [0.29, 0.717) is 0 Å². The fourth-order valence-corrected chi connectivity index (χ4v) is 2.57. The highest BCUT2D eigenvalue weighted by atomic mass is 16.2. The Kier molecular flexibility index (Phi) is 4.70. The summed E-state index contributed by atoms with van der Waals surface area (Å²) in [7, 11) is 0. The molecule has 1 saturated heterocycles. The number of hydrogen-bond acceptors (Lipinski definition) is 4. The third kappa shape index (κ3) is 3.65. The second kappa shape index (κ2) is 6.33. The standard InChI is InChI=1S/C16H26N4O/c1-5-17-13-7-6-8-18-14(13)19-9-11-20(12-10-19)15(21)16(2,3)4/h6-8,17H,5,9-12H2,1-4H3. The quantitative estimate of drug-likeness (QED) is 0.927. The number of aromatic nitrogens is 1. The molecule has 1 aromatic heterocycles. The first-order valence-electron chi connectivity index (χ1n) is 7.66. The van der Waals surface area contributed by atoms with Gasteiger partial charge in [0.25, 0.3) is 0 Å². The molecule has 1 aliphatic rings. The Morgan fingerprint density at radius 3 is 2.52 bits per heavy atom. The van der Waals surface area contributed by atoms with Crippen molar-refractivity contribution in [1.29, 1.82) is 0 Å². The lowest BCUT2D eigenvalue weighted by atomic mass is 9.94. The first-order valence-corrected chi connectivity index (χ1v) is 7.66. The molecule has 1 fully saturated rings. The maximum absolute atomic E-state index is 12.3. The number of piperazine rings is 1. The molecule has 0 unspecified atom stereocenters. The van der Waals surface area contributed by atoms with E-state index in [1.54, 1.807) is 0 Å². The molecule has 0 aromatic carbocycles. The van der Waals surface area contributed by atoms with E-state index in [-0.39, 0.29) is 11.3 Å². The van der Waals surface area contributed by atoms with Crippen LogP contribution in [0.2, 0.25) is 0 Å². The molecule has 116 valence electrons. The van der Waals surface area contributed by atoms with E-state index < -0.39 is 0 Å². The van der Waals surface area contributed by atoms with Crippen LogP contribution in [0, 0.1) is 5.41 Å². The van der Waals surface area contributed by atoms with Gasteiger partial charge in [0.2, 0.25) is 5.91 Å². The van der Waals surface area contributed by atoms with Gasteiger partial charge in [0.15, 0.2) is 5.82 Å². The van der Waals surface area contributed by atoms with Crippen LogP contribution in [0.4, 0.5) is 11.5 Å². The van der Waals surface area contributed by atoms with Gasteiger partial charge in [-0.3, -0.25) is 4.79 Å². The van der Waals surface area contributed by atoms with Crippen LogP contribution in [-0.4, -0.2) is 48.5 Å². The van der Waals surface area contributed by atoms with Crippen molar-refractivity contribution in [3.63, 3.8) is 0 Å². The van der Waals surface area contributed by atoms with Gasteiger partial charge in [0.1, 0.15) is 0 Å². The summed E-state index contributed by atoms with van der Waals surface area (Å²) in [6, 6.07) is 4.00. The second-order valence-corrected chi connectivity index (χ2v) is 6.43. The second-order valence-electron chi connectivity index (χ2n) is 6.43. The maximum atomic E-state index is 12.3. The lowest BCUT2D eigenvalue weighted by Crippen LogP contribution is -2.52. The average Bonchev–Trinajstić information content (AvgIpc) is 2.47. The number of nitrogens with one attached hydrogen (secondary N) is 1. The number of amides is 1. The van der Waals surface area contributed by atoms with Gasteiger partial charge in [0.05, 0.1) is 5.69 Å². The van der Waals surface area contributed by atoms with Crippen molar-refractivity contribution in [3.8, 4) is 0 Å². The fraction of sp³-hybridized carbons (Fsp3) is 0.625. The van der Waals surface area contributed by atoms with E-state index in [2.05, 4.69) is 28.2 Å². The van der Waals surface area contributed by atoms with Crippen LogP contribution in [0.5, 0.6) is 0 Å². The molecule has 2 heterocycles. The molecule has 1 amide bonds. The molecule has 0 aliphatic carbocycles.